The normalized spacial score (nSPS) is 12.4. The SMILES string of the molecule is CCCCCCCCCCCCCCCCCCc1cccc2c3c4c(c([Si](OC)(OC)OC)ccc4cc12)-c1ccccc1-3. The van der Waals surface area contributed by atoms with Crippen molar-refractivity contribution in [3.8, 4) is 22.3 Å². The summed E-state index contributed by atoms with van der Waals surface area (Å²) in [5.41, 5.74) is 6.56. The van der Waals surface area contributed by atoms with E-state index in [1.165, 1.54) is 152 Å². The van der Waals surface area contributed by atoms with Gasteiger partial charge in [-0.3, -0.25) is 0 Å². The van der Waals surface area contributed by atoms with E-state index in [4.69, 9.17) is 13.3 Å². The first-order chi connectivity index (χ1) is 22.2. The monoisotopic (exact) mass is 624 g/mol. The fourth-order valence-corrected chi connectivity index (χ4v) is 9.71. The van der Waals surface area contributed by atoms with E-state index < -0.39 is 8.80 Å². The van der Waals surface area contributed by atoms with Gasteiger partial charge in [-0.2, -0.15) is 0 Å². The van der Waals surface area contributed by atoms with Crippen LogP contribution in [-0.4, -0.2) is 30.1 Å². The summed E-state index contributed by atoms with van der Waals surface area (Å²) in [6.07, 6.45) is 23.6. The highest BCUT2D eigenvalue weighted by atomic mass is 28.4. The molecule has 45 heavy (non-hydrogen) atoms. The Morgan fingerprint density at radius 1 is 0.511 bits per heavy atom. The van der Waals surface area contributed by atoms with E-state index in [1.807, 2.05) is 0 Å². The molecule has 4 heteroatoms. The molecule has 0 saturated heterocycles. The molecule has 0 fully saturated rings. The topological polar surface area (TPSA) is 27.7 Å². The lowest BCUT2D eigenvalue weighted by Crippen LogP contribution is -2.55. The summed E-state index contributed by atoms with van der Waals surface area (Å²) < 4.78 is 17.9. The van der Waals surface area contributed by atoms with Crippen LogP contribution in [0.2, 0.25) is 0 Å². The molecule has 0 N–H and O–H groups in total. The zero-order valence-corrected chi connectivity index (χ0v) is 29.5. The van der Waals surface area contributed by atoms with Crippen LogP contribution in [0.25, 0.3) is 43.8 Å². The van der Waals surface area contributed by atoms with E-state index in [9.17, 15) is 0 Å². The van der Waals surface area contributed by atoms with E-state index in [2.05, 4.69) is 67.6 Å². The number of hydrogen-bond donors (Lipinski definition) is 0. The summed E-state index contributed by atoms with van der Waals surface area (Å²) in [4.78, 5) is 0. The molecule has 5 rings (SSSR count). The number of aryl methyl sites for hydroxylation is 1. The smallest absolute Gasteiger partial charge is 0.373 e. The molecule has 0 unspecified atom stereocenters. The van der Waals surface area contributed by atoms with Crippen LogP contribution in [0.4, 0.5) is 0 Å². The maximum atomic E-state index is 5.97. The van der Waals surface area contributed by atoms with Crippen LogP contribution >= 0.6 is 0 Å². The first-order valence-electron chi connectivity index (χ1n) is 18.0. The zero-order chi connectivity index (χ0) is 31.5. The van der Waals surface area contributed by atoms with Crippen LogP contribution in [-0.2, 0) is 19.7 Å². The molecule has 242 valence electrons. The zero-order valence-electron chi connectivity index (χ0n) is 28.5. The summed E-state index contributed by atoms with van der Waals surface area (Å²) >= 11 is 0. The van der Waals surface area contributed by atoms with E-state index in [1.54, 1.807) is 21.3 Å². The number of fused-ring (bicyclic) bond motifs is 5. The molecule has 0 aliphatic heterocycles. The fraction of sp³-hybridized carbons (Fsp3) is 0.512. The highest BCUT2D eigenvalue weighted by molar-refractivity contribution is 6.77. The van der Waals surface area contributed by atoms with Gasteiger partial charge in [0.15, 0.2) is 0 Å². The average Bonchev–Trinajstić information content (AvgIpc) is 3.43. The lowest BCUT2D eigenvalue weighted by Gasteiger charge is -2.27. The van der Waals surface area contributed by atoms with Crippen LogP contribution in [0, 0.1) is 0 Å². The molecular weight excluding hydrogens is 569 g/mol. The van der Waals surface area contributed by atoms with Crippen LogP contribution < -0.4 is 5.19 Å². The molecule has 0 saturated carbocycles. The first-order valence-corrected chi connectivity index (χ1v) is 19.7. The Kier molecular flexibility index (Phi) is 12.7. The highest BCUT2D eigenvalue weighted by Gasteiger charge is 2.45. The third-order valence-electron chi connectivity index (χ3n) is 10.2. The van der Waals surface area contributed by atoms with Gasteiger partial charge in [0.25, 0.3) is 0 Å². The molecule has 0 radical (unpaired) electrons. The van der Waals surface area contributed by atoms with Gasteiger partial charge in [0, 0.05) is 26.5 Å². The quantitative estimate of drug-likeness (QED) is 0.0462. The van der Waals surface area contributed by atoms with Crippen molar-refractivity contribution in [3.05, 3.63) is 66.2 Å². The van der Waals surface area contributed by atoms with Gasteiger partial charge in [0.05, 0.1) is 0 Å². The maximum absolute atomic E-state index is 5.97. The summed E-state index contributed by atoms with van der Waals surface area (Å²) in [5, 5.41) is 6.35. The van der Waals surface area contributed by atoms with Crippen LogP contribution in [0.1, 0.15) is 115 Å². The average molecular weight is 625 g/mol. The van der Waals surface area contributed by atoms with Crippen molar-refractivity contribution in [2.75, 3.05) is 21.3 Å². The lowest BCUT2D eigenvalue weighted by molar-refractivity contribution is 0.140. The van der Waals surface area contributed by atoms with Crippen molar-refractivity contribution in [1.82, 2.24) is 0 Å². The van der Waals surface area contributed by atoms with Gasteiger partial charge in [0.2, 0.25) is 0 Å². The molecule has 0 amide bonds. The Morgan fingerprint density at radius 2 is 1.04 bits per heavy atom. The van der Waals surface area contributed by atoms with Crippen molar-refractivity contribution < 1.29 is 13.3 Å². The summed E-state index contributed by atoms with van der Waals surface area (Å²) in [6.45, 7) is 2.30. The molecule has 0 aromatic heterocycles. The molecular formula is C41H56O3Si. The molecule has 4 aromatic carbocycles. The summed E-state index contributed by atoms with van der Waals surface area (Å²) in [6, 6.07) is 22.6. The number of hydrogen-bond acceptors (Lipinski definition) is 3. The second kappa shape index (κ2) is 16.9. The number of benzene rings is 4. The summed E-state index contributed by atoms with van der Waals surface area (Å²) in [7, 11) is 2.05. The Hall–Kier alpha value is -2.50. The first kappa shape index (κ1) is 33.8. The number of rotatable bonds is 21. The van der Waals surface area contributed by atoms with E-state index in [0.717, 1.165) is 11.6 Å². The Bertz CT molecular complexity index is 1510. The molecule has 1 aliphatic rings. The van der Waals surface area contributed by atoms with Crippen LogP contribution in [0.15, 0.2) is 60.7 Å². The lowest BCUT2D eigenvalue weighted by atomic mass is 9.91. The van der Waals surface area contributed by atoms with Gasteiger partial charge in [-0.25, -0.2) is 0 Å². The van der Waals surface area contributed by atoms with Crippen molar-refractivity contribution in [2.24, 2.45) is 0 Å². The minimum atomic E-state index is -3.04. The second-order valence-electron chi connectivity index (χ2n) is 13.1. The van der Waals surface area contributed by atoms with Gasteiger partial charge in [-0.05, 0) is 68.3 Å². The third kappa shape index (κ3) is 7.57. The third-order valence-corrected chi connectivity index (χ3v) is 12.8. The van der Waals surface area contributed by atoms with Crippen LogP contribution in [0.3, 0.4) is 0 Å². The molecule has 0 atom stereocenters. The van der Waals surface area contributed by atoms with Crippen molar-refractivity contribution >= 4 is 35.5 Å². The highest BCUT2D eigenvalue weighted by Crippen LogP contribution is 2.50. The molecule has 0 heterocycles. The van der Waals surface area contributed by atoms with Crippen LogP contribution in [0.5, 0.6) is 0 Å². The predicted molar refractivity (Wildman–Crippen MR) is 196 cm³/mol. The van der Waals surface area contributed by atoms with E-state index in [-0.39, 0.29) is 0 Å². The largest absolute Gasteiger partial charge is 0.537 e. The minimum Gasteiger partial charge on any atom is -0.373 e. The molecule has 0 bridgehead atoms. The Labute approximate surface area is 274 Å². The van der Waals surface area contributed by atoms with Gasteiger partial charge in [-0.15, -0.1) is 0 Å². The minimum absolute atomic E-state index is 1.04. The fourth-order valence-electron chi connectivity index (χ4n) is 7.70. The van der Waals surface area contributed by atoms with Gasteiger partial charge >= 0.3 is 8.80 Å². The number of unbranched alkanes of at least 4 members (excludes halogenated alkanes) is 15. The predicted octanol–water partition coefficient (Wildman–Crippen LogP) is 11.5. The van der Waals surface area contributed by atoms with E-state index in [0.29, 0.717) is 0 Å². The maximum Gasteiger partial charge on any atom is 0.537 e. The van der Waals surface area contributed by atoms with Gasteiger partial charge < -0.3 is 13.3 Å². The Balaban J connectivity index is 1.18. The molecule has 3 nitrogen and oxygen atoms in total. The van der Waals surface area contributed by atoms with Crippen molar-refractivity contribution in [2.45, 2.75) is 116 Å². The second-order valence-corrected chi connectivity index (χ2v) is 16.0. The van der Waals surface area contributed by atoms with E-state index >= 15 is 0 Å². The van der Waals surface area contributed by atoms with Gasteiger partial charge in [-0.1, -0.05) is 158 Å². The molecule has 0 spiro atoms. The Morgan fingerprint density at radius 3 is 1.60 bits per heavy atom. The standard InChI is InChI=1S/C41H56O3Si/c1-5-6-7-8-9-10-11-12-13-14-15-16-17-18-19-20-24-32-25-23-28-36-37(32)31-33-29-30-38(45(42-2,43-3)44-4)41-35-27-22-21-26-34(35)40(36)39(33)41/h21-23,25-31H,5-20,24H2,1-4H3. The van der Waals surface area contributed by atoms with Crippen molar-refractivity contribution in [3.63, 3.8) is 0 Å². The summed E-state index contributed by atoms with van der Waals surface area (Å²) in [5.74, 6) is 0. The molecule has 4 aromatic rings. The van der Waals surface area contributed by atoms with Crippen molar-refractivity contribution in [1.29, 1.82) is 0 Å². The molecule has 1 aliphatic carbocycles. The van der Waals surface area contributed by atoms with Gasteiger partial charge in [0.1, 0.15) is 0 Å².